The van der Waals surface area contributed by atoms with Gasteiger partial charge in [-0.15, -0.1) is 0 Å². The van der Waals surface area contributed by atoms with Crippen molar-refractivity contribution in [2.24, 2.45) is 23.2 Å². The Bertz CT molecular complexity index is 1220. The number of hydrogen-bond acceptors (Lipinski definition) is 5. The molecule has 4 saturated carbocycles. The van der Waals surface area contributed by atoms with Gasteiger partial charge in [0, 0.05) is 0 Å². The molecule has 4 aliphatic carbocycles. The summed E-state index contributed by atoms with van der Waals surface area (Å²) in [4.78, 5) is 39.8. The number of rotatable bonds is 6. The van der Waals surface area contributed by atoms with E-state index >= 15 is 0 Å². The summed E-state index contributed by atoms with van der Waals surface area (Å²) in [5, 5.41) is 2.65. The maximum Gasteiger partial charge on any atom is 0.329 e. The largest absolute Gasteiger partial charge is 0.493 e. The number of carbonyl (C=O) groups is 3. The molecule has 2 aromatic rings. The van der Waals surface area contributed by atoms with E-state index in [1.807, 2.05) is 30.3 Å². The molecule has 1 N–H and O–H groups in total. The van der Waals surface area contributed by atoms with Gasteiger partial charge in [-0.05, 0) is 85.6 Å². The number of ether oxygens (including phenoxy) is 2. The first-order valence-corrected chi connectivity index (χ1v) is 12.7. The first-order chi connectivity index (χ1) is 17.4. The van der Waals surface area contributed by atoms with Crippen LogP contribution >= 0.6 is 0 Å². The lowest BCUT2D eigenvalue weighted by molar-refractivity contribution is -0.161. The highest BCUT2D eigenvalue weighted by atomic mass is 16.6. The molecule has 0 unspecified atom stereocenters. The highest BCUT2D eigenvalue weighted by Gasteiger charge is 2.55. The van der Waals surface area contributed by atoms with Crippen LogP contribution in [0, 0.1) is 23.2 Å². The lowest BCUT2D eigenvalue weighted by Crippen LogP contribution is -2.51. The lowest BCUT2D eigenvalue weighted by atomic mass is 9.49. The van der Waals surface area contributed by atoms with Gasteiger partial charge in [-0.25, -0.2) is 4.79 Å². The second-order valence-corrected chi connectivity index (χ2v) is 10.9. The Balaban J connectivity index is 1.18. The van der Waals surface area contributed by atoms with Gasteiger partial charge in [0.05, 0.1) is 19.1 Å². The van der Waals surface area contributed by atoms with Crippen molar-refractivity contribution in [3.05, 3.63) is 65.4 Å². The van der Waals surface area contributed by atoms with Crippen LogP contribution in [0.3, 0.4) is 0 Å². The SMILES string of the molecule is COc1cc(/C=C2\NC(=O)N(Cc3ccccc3)C2=O)ccc1OC(=O)C12CC3CC(CC(C3)C1)C2. The monoisotopic (exact) mass is 486 g/mol. The molecule has 7 rings (SSSR count). The van der Waals surface area contributed by atoms with E-state index in [1.54, 1.807) is 24.3 Å². The number of nitrogens with zero attached hydrogens (tertiary/aromatic N) is 1. The summed E-state index contributed by atoms with van der Waals surface area (Å²) in [6.45, 7) is 0.200. The third kappa shape index (κ3) is 4.06. The molecular weight excluding hydrogens is 456 g/mol. The Labute approximate surface area is 210 Å². The molecule has 186 valence electrons. The molecular formula is C29H30N2O5. The second-order valence-electron chi connectivity index (χ2n) is 10.9. The third-order valence-electron chi connectivity index (χ3n) is 8.32. The van der Waals surface area contributed by atoms with Gasteiger partial charge in [0.25, 0.3) is 5.91 Å². The number of amides is 3. The first-order valence-electron chi connectivity index (χ1n) is 12.7. The summed E-state index contributed by atoms with van der Waals surface area (Å²) in [6.07, 6.45) is 8.20. The van der Waals surface area contributed by atoms with Crippen LogP contribution in [-0.4, -0.2) is 29.9 Å². The number of urea groups is 1. The summed E-state index contributed by atoms with van der Waals surface area (Å²) < 4.78 is 11.5. The van der Waals surface area contributed by atoms with Crippen LogP contribution in [-0.2, 0) is 16.1 Å². The van der Waals surface area contributed by atoms with Gasteiger partial charge in [0.15, 0.2) is 11.5 Å². The van der Waals surface area contributed by atoms with Gasteiger partial charge in [0.2, 0.25) is 0 Å². The summed E-state index contributed by atoms with van der Waals surface area (Å²) in [6, 6.07) is 14.1. The zero-order valence-corrected chi connectivity index (χ0v) is 20.4. The van der Waals surface area contributed by atoms with Gasteiger partial charge in [-0.3, -0.25) is 14.5 Å². The van der Waals surface area contributed by atoms with Gasteiger partial charge in [-0.1, -0.05) is 36.4 Å². The summed E-state index contributed by atoms with van der Waals surface area (Å²) in [5.74, 6) is 2.23. The second kappa shape index (κ2) is 8.80. The Morgan fingerprint density at radius 2 is 1.67 bits per heavy atom. The normalized spacial score (nSPS) is 29.5. The van der Waals surface area contributed by atoms with Crippen molar-refractivity contribution >= 4 is 24.0 Å². The minimum absolute atomic E-state index is 0.138. The van der Waals surface area contributed by atoms with Crippen molar-refractivity contribution in [3.63, 3.8) is 0 Å². The molecule has 0 aromatic heterocycles. The molecule has 3 amide bonds. The molecule has 5 fully saturated rings. The predicted octanol–water partition coefficient (Wildman–Crippen LogP) is 4.91. The average molecular weight is 487 g/mol. The molecule has 4 bridgehead atoms. The quantitative estimate of drug-likeness (QED) is 0.271. The highest BCUT2D eigenvalue weighted by molar-refractivity contribution is 6.13. The number of methoxy groups -OCH3 is 1. The summed E-state index contributed by atoms with van der Waals surface area (Å²) >= 11 is 0. The standard InChI is InChI=1S/C29H30N2O5/c1-35-25-13-19(12-23-26(32)31(28(34)30-23)17-18-5-3-2-4-6-18)7-8-24(25)36-27(33)29-14-20-9-21(15-29)11-22(10-20)16-29/h2-8,12-13,20-22H,9-11,14-17H2,1H3,(H,30,34)/b23-12-. The van der Waals surface area contributed by atoms with Crippen LogP contribution in [0.5, 0.6) is 11.5 Å². The van der Waals surface area contributed by atoms with E-state index in [4.69, 9.17) is 9.47 Å². The maximum absolute atomic E-state index is 13.4. The van der Waals surface area contributed by atoms with Gasteiger partial charge < -0.3 is 14.8 Å². The van der Waals surface area contributed by atoms with E-state index in [9.17, 15) is 14.4 Å². The van der Waals surface area contributed by atoms with E-state index in [2.05, 4.69) is 5.32 Å². The highest BCUT2D eigenvalue weighted by Crippen LogP contribution is 2.60. The van der Waals surface area contributed by atoms with Crippen LogP contribution in [0.15, 0.2) is 54.2 Å². The van der Waals surface area contributed by atoms with Crippen LogP contribution in [0.25, 0.3) is 6.08 Å². The van der Waals surface area contributed by atoms with Crippen molar-refractivity contribution in [1.82, 2.24) is 10.2 Å². The number of benzene rings is 2. The van der Waals surface area contributed by atoms with Crippen molar-refractivity contribution < 1.29 is 23.9 Å². The number of imide groups is 1. The Kier molecular flexibility index (Phi) is 5.58. The third-order valence-corrected chi connectivity index (χ3v) is 8.32. The summed E-state index contributed by atoms with van der Waals surface area (Å²) in [5.41, 5.74) is 1.36. The molecule has 1 heterocycles. The molecule has 0 radical (unpaired) electrons. The van der Waals surface area contributed by atoms with Crippen molar-refractivity contribution in [3.8, 4) is 11.5 Å². The van der Waals surface area contributed by atoms with E-state index < -0.39 is 6.03 Å². The molecule has 1 aliphatic heterocycles. The molecule has 0 atom stereocenters. The topological polar surface area (TPSA) is 84.9 Å². The fourth-order valence-corrected chi connectivity index (χ4v) is 7.07. The molecule has 7 heteroatoms. The first kappa shape index (κ1) is 22.8. The number of hydrogen-bond donors (Lipinski definition) is 1. The molecule has 5 aliphatic rings. The zero-order chi connectivity index (χ0) is 24.9. The Morgan fingerprint density at radius 3 is 2.31 bits per heavy atom. The average Bonchev–Trinajstić information content (AvgIpc) is 3.12. The van der Waals surface area contributed by atoms with Crippen LogP contribution in [0.4, 0.5) is 4.79 Å². The Hall–Kier alpha value is -3.61. The maximum atomic E-state index is 13.4. The van der Waals surface area contributed by atoms with Gasteiger partial charge in [-0.2, -0.15) is 0 Å². The number of carbonyl (C=O) groups excluding carboxylic acids is 3. The van der Waals surface area contributed by atoms with Crippen LogP contribution in [0.2, 0.25) is 0 Å². The Morgan fingerprint density at radius 1 is 1.00 bits per heavy atom. The van der Waals surface area contributed by atoms with Crippen molar-refractivity contribution in [2.75, 3.05) is 7.11 Å². The minimum Gasteiger partial charge on any atom is -0.493 e. The van der Waals surface area contributed by atoms with E-state index in [0.29, 0.717) is 34.8 Å². The number of esters is 1. The molecule has 36 heavy (non-hydrogen) atoms. The van der Waals surface area contributed by atoms with Crippen LogP contribution < -0.4 is 14.8 Å². The van der Waals surface area contributed by atoms with Crippen LogP contribution in [0.1, 0.15) is 49.7 Å². The van der Waals surface area contributed by atoms with Crippen molar-refractivity contribution in [2.45, 2.75) is 45.1 Å². The van der Waals surface area contributed by atoms with Crippen molar-refractivity contribution in [1.29, 1.82) is 0 Å². The fraction of sp³-hybridized carbons (Fsp3) is 0.414. The molecule has 2 aromatic carbocycles. The van der Waals surface area contributed by atoms with Gasteiger partial charge in [0.1, 0.15) is 5.70 Å². The fourth-order valence-electron chi connectivity index (χ4n) is 7.07. The van der Waals surface area contributed by atoms with E-state index in [1.165, 1.54) is 31.3 Å². The zero-order valence-electron chi connectivity index (χ0n) is 20.4. The minimum atomic E-state index is -0.455. The summed E-state index contributed by atoms with van der Waals surface area (Å²) in [7, 11) is 1.53. The van der Waals surface area contributed by atoms with E-state index in [0.717, 1.165) is 24.8 Å². The van der Waals surface area contributed by atoms with E-state index in [-0.39, 0.29) is 29.5 Å². The van der Waals surface area contributed by atoms with Gasteiger partial charge >= 0.3 is 12.0 Å². The molecule has 7 nitrogen and oxygen atoms in total. The number of nitrogens with one attached hydrogen (secondary N) is 1. The smallest absolute Gasteiger partial charge is 0.329 e. The molecule has 1 saturated heterocycles. The molecule has 0 spiro atoms. The predicted molar refractivity (Wildman–Crippen MR) is 133 cm³/mol. The lowest BCUT2D eigenvalue weighted by Gasteiger charge is -2.55.